The van der Waals surface area contributed by atoms with Gasteiger partial charge in [-0.2, -0.15) is 0 Å². The first-order valence-electron chi connectivity index (χ1n) is 8.07. The van der Waals surface area contributed by atoms with Gasteiger partial charge in [-0.25, -0.2) is 8.95 Å². The standard InChI is InChI=1S/C19H18Cl2N4OS/c1-11-4-6-14(10-15(11)21)23-19(25-18(22)8-12(2)27-25)24-16-7-5-13(20)9-17(16)26-3/h4-10,22H,1-3H3,(H,23,24). The first kappa shape index (κ1) is 19.5. The van der Waals surface area contributed by atoms with E-state index in [1.54, 1.807) is 35.3 Å². The van der Waals surface area contributed by atoms with Gasteiger partial charge in [-0.3, -0.25) is 5.41 Å². The molecule has 5 nitrogen and oxygen atoms in total. The van der Waals surface area contributed by atoms with E-state index in [1.807, 2.05) is 32.0 Å². The van der Waals surface area contributed by atoms with Crippen LogP contribution in [0.1, 0.15) is 10.4 Å². The Morgan fingerprint density at radius 2 is 1.93 bits per heavy atom. The van der Waals surface area contributed by atoms with Gasteiger partial charge >= 0.3 is 0 Å². The summed E-state index contributed by atoms with van der Waals surface area (Å²) in [6.45, 7) is 3.89. The van der Waals surface area contributed by atoms with Gasteiger partial charge in [-0.1, -0.05) is 40.8 Å². The molecule has 0 spiro atoms. The minimum atomic E-state index is 0.329. The molecule has 8 heteroatoms. The molecular weight excluding hydrogens is 403 g/mol. The van der Waals surface area contributed by atoms with E-state index in [1.165, 1.54) is 11.5 Å². The Bertz CT molecular complexity index is 1070. The normalized spacial score (nSPS) is 11.5. The van der Waals surface area contributed by atoms with E-state index < -0.39 is 0 Å². The molecule has 27 heavy (non-hydrogen) atoms. The molecule has 0 amide bonds. The molecule has 140 valence electrons. The Morgan fingerprint density at radius 3 is 2.56 bits per heavy atom. The maximum Gasteiger partial charge on any atom is 0.223 e. The number of nitrogens with one attached hydrogen (secondary N) is 2. The van der Waals surface area contributed by atoms with Crippen molar-refractivity contribution in [1.82, 2.24) is 3.96 Å². The molecule has 3 aromatic rings. The maximum absolute atomic E-state index is 8.24. The van der Waals surface area contributed by atoms with Gasteiger partial charge in [-0.05, 0) is 49.7 Å². The molecule has 0 saturated carbocycles. The number of nitrogens with zero attached hydrogens (tertiary/aromatic N) is 2. The lowest BCUT2D eigenvalue weighted by atomic mass is 10.2. The zero-order valence-corrected chi connectivity index (χ0v) is 17.3. The fourth-order valence-corrected chi connectivity index (χ4v) is 3.53. The molecule has 3 rings (SSSR count). The second-order valence-electron chi connectivity index (χ2n) is 5.87. The van der Waals surface area contributed by atoms with Crippen LogP contribution < -0.4 is 15.5 Å². The predicted octanol–water partition coefficient (Wildman–Crippen LogP) is 5.61. The Kier molecular flexibility index (Phi) is 5.89. The lowest BCUT2D eigenvalue weighted by Crippen LogP contribution is -2.28. The summed E-state index contributed by atoms with van der Waals surface area (Å²) in [5, 5.41) is 12.7. The van der Waals surface area contributed by atoms with Gasteiger partial charge in [0.1, 0.15) is 16.9 Å². The fraction of sp³-hybridized carbons (Fsp3) is 0.158. The molecule has 0 atom stereocenters. The minimum absolute atomic E-state index is 0.329. The highest BCUT2D eigenvalue weighted by molar-refractivity contribution is 7.07. The Labute approximate surface area is 171 Å². The highest BCUT2D eigenvalue weighted by Gasteiger charge is 2.11. The second kappa shape index (κ2) is 8.17. The molecule has 0 fully saturated rings. The van der Waals surface area contributed by atoms with Crippen LogP contribution in [0.3, 0.4) is 0 Å². The molecule has 2 aromatic carbocycles. The summed E-state index contributed by atoms with van der Waals surface area (Å²) in [6.07, 6.45) is 0. The lowest BCUT2D eigenvalue weighted by Gasteiger charge is -2.13. The first-order chi connectivity index (χ1) is 12.9. The van der Waals surface area contributed by atoms with Crippen LogP contribution in [-0.2, 0) is 0 Å². The van der Waals surface area contributed by atoms with Gasteiger partial charge in [0.2, 0.25) is 5.96 Å². The van der Waals surface area contributed by atoms with E-state index in [9.17, 15) is 0 Å². The van der Waals surface area contributed by atoms with E-state index in [0.717, 1.165) is 16.1 Å². The summed E-state index contributed by atoms with van der Waals surface area (Å²) >= 11 is 13.7. The number of methoxy groups -OCH3 is 1. The van der Waals surface area contributed by atoms with Crippen molar-refractivity contribution in [2.45, 2.75) is 13.8 Å². The van der Waals surface area contributed by atoms with Gasteiger partial charge in [0.25, 0.3) is 0 Å². The SMILES string of the molecule is COc1cc(Cl)ccc1N=C(Nc1ccc(C)c(Cl)c1)n1sc(C)cc1=N. The molecule has 1 heterocycles. The number of hydrogen-bond acceptors (Lipinski definition) is 4. The topological polar surface area (TPSA) is 62.4 Å². The smallest absolute Gasteiger partial charge is 0.223 e. The van der Waals surface area contributed by atoms with Crippen molar-refractivity contribution in [3.63, 3.8) is 0 Å². The van der Waals surface area contributed by atoms with E-state index in [2.05, 4.69) is 5.32 Å². The molecule has 0 bridgehead atoms. The number of aliphatic imine (C=N–C) groups is 1. The Balaban J connectivity index is 2.11. The van der Waals surface area contributed by atoms with Crippen molar-refractivity contribution < 1.29 is 4.74 Å². The number of aromatic nitrogens is 1. The highest BCUT2D eigenvalue weighted by Crippen LogP contribution is 2.31. The van der Waals surface area contributed by atoms with Crippen LogP contribution in [-0.4, -0.2) is 17.0 Å². The second-order valence-corrected chi connectivity index (χ2v) is 7.90. The fourth-order valence-electron chi connectivity index (χ4n) is 2.41. The maximum atomic E-state index is 8.24. The molecule has 0 radical (unpaired) electrons. The van der Waals surface area contributed by atoms with Crippen LogP contribution in [0.4, 0.5) is 11.4 Å². The Morgan fingerprint density at radius 1 is 1.15 bits per heavy atom. The third kappa shape index (κ3) is 4.53. The van der Waals surface area contributed by atoms with Crippen LogP contribution in [0.2, 0.25) is 10.0 Å². The summed E-state index contributed by atoms with van der Waals surface area (Å²) in [4.78, 5) is 5.69. The summed E-state index contributed by atoms with van der Waals surface area (Å²) in [7, 11) is 1.57. The van der Waals surface area contributed by atoms with Crippen LogP contribution in [0, 0.1) is 19.3 Å². The van der Waals surface area contributed by atoms with Crippen molar-refractivity contribution in [2.24, 2.45) is 4.99 Å². The van der Waals surface area contributed by atoms with E-state index in [-0.39, 0.29) is 0 Å². The summed E-state index contributed by atoms with van der Waals surface area (Å²) in [5.41, 5.74) is 2.69. The molecule has 0 aliphatic rings. The molecule has 0 aliphatic carbocycles. The van der Waals surface area contributed by atoms with Crippen molar-refractivity contribution in [3.05, 3.63) is 68.4 Å². The molecule has 0 unspecified atom stereocenters. The zero-order chi connectivity index (χ0) is 19.6. The van der Waals surface area contributed by atoms with Gasteiger partial charge in [0.05, 0.1) is 7.11 Å². The highest BCUT2D eigenvalue weighted by atomic mass is 35.5. The average Bonchev–Trinajstić information content (AvgIpc) is 2.97. The van der Waals surface area contributed by atoms with E-state index >= 15 is 0 Å². The third-order valence-corrected chi connectivity index (χ3v) is 5.38. The van der Waals surface area contributed by atoms with Crippen LogP contribution >= 0.6 is 34.7 Å². The van der Waals surface area contributed by atoms with Gasteiger partial charge in [-0.15, -0.1) is 0 Å². The molecule has 0 aliphatic heterocycles. The number of anilines is 1. The molecule has 0 saturated heterocycles. The average molecular weight is 421 g/mol. The number of rotatable bonds is 3. The van der Waals surface area contributed by atoms with E-state index in [0.29, 0.717) is 32.9 Å². The van der Waals surface area contributed by atoms with Crippen LogP contribution in [0.15, 0.2) is 47.5 Å². The van der Waals surface area contributed by atoms with Crippen molar-refractivity contribution in [2.75, 3.05) is 12.4 Å². The largest absolute Gasteiger partial charge is 0.494 e. The third-order valence-electron chi connectivity index (χ3n) is 3.78. The minimum Gasteiger partial charge on any atom is -0.494 e. The van der Waals surface area contributed by atoms with Crippen LogP contribution in [0.25, 0.3) is 0 Å². The number of hydrogen-bond donors (Lipinski definition) is 2. The first-order valence-corrected chi connectivity index (χ1v) is 9.60. The summed E-state index contributed by atoms with van der Waals surface area (Å²) in [6, 6.07) is 12.7. The van der Waals surface area contributed by atoms with Gasteiger partial charge in [0.15, 0.2) is 0 Å². The monoisotopic (exact) mass is 420 g/mol. The number of halogens is 2. The number of aryl methyl sites for hydroxylation is 2. The van der Waals surface area contributed by atoms with Crippen LogP contribution in [0.5, 0.6) is 5.75 Å². The van der Waals surface area contributed by atoms with Crippen molar-refractivity contribution >= 4 is 52.1 Å². The zero-order valence-electron chi connectivity index (χ0n) is 15.0. The van der Waals surface area contributed by atoms with Gasteiger partial charge in [0, 0.05) is 26.7 Å². The van der Waals surface area contributed by atoms with E-state index in [4.69, 9.17) is 38.3 Å². The Hall–Kier alpha value is -2.28. The lowest BCUT2D eigenvalue weighted by molar-refractivity contribution is 0.416. The number of benzene rings is 2. The van der Waals surface area contributed by atoms with Crippen molar-refractivity contribution in [1.29, 1.82) is 5.41 Å². The molecule has 1 aromatic heterocycles. The summed E-state index contributed by atoms with van der Waals surface area (Å²) < 4.78 is 7.10. The van der Waals surface area contributed by atoms with Crippen molar-refractivity contribution in [3.8, 4) is 5.75 Å². The predicted molar refractivity (Wildman–Crippen MR) is 113 cm³/mol. The van der Waals surface area contributed by atoms with Gasteiger partial charge < -0.3 is 10.1 Å². The number of ether oxygens (including phenoxy) is 1. The molecular formula is C19H18Cl2N4OS. The quantitative estimate of drug-likeness (QED) is 0.427. The molecule has 2 N–H and O–H groups in total. The summed E-state index contributed by atoms with van der Waals surface area (Å²) in [5.74, 6) is 1.02.